The van der Waals surface area contributed by atoms with Gasteiger partial charge in [0.25, 0.3) is 0 Å². The van der Waals surface area contributed by atoms with Gasteiger partial charge in [-0.1, -0.05) is 6.92 Å². The molecule has 0 saturated heterocycles. The van der Waals surface area contributed by atoms with Crippen LogP contribution in [0.2, 0.25) is 0 Å². The second-order valence-electron chi connectivity index (χ2n) is 4.15. The van der Waals surface area contributed by atoms with E-state index in [1.54, 1.807) is 0 Å². The summed E-state index contributed by atoms with van der Waals surface area (Å²) in [5, 5.41) is 0. The van der Waals surface area contributed by atoms with E-state index in [1.807, 2.05) is 25.7 Å². The summed E-state index contributed by atoms with van der Waals surface area (Å²) in [6.45, 7) is 6.70. The molecule has 0 bridgehead atoms. The van der Waals surface area contributed by atoms with Crippen molar-refractivity contribution in [2.75, 3.05) is 6.54 Å². The Morgan fingerprint density at radius 1 is 1.33 bits per heavy atom. The number of aromatic amines is 1. The lowest BCUT2D eigenvalue weighted by atomic mass is 10.2. The van der Waals surface area contributed by atoms with E-state index in [0.717, 1.165) is 23.6 Å². The molecule has 0 aromatic carbocycles. The fourth-order valence-corrected chi connectivity index (χ4v) is 2.04. The zero-order valence-corrected chi connectivity index (χ0v) is 10.9. The zero-order chi connectivity index (χ0) is 13.3. The third-order valence-corrected chi connectivity index (χ3v) is 2.98. The zero-order valence-electron chi connectivity index (χ0n) is 10.9. The Labute approximate surface area is 106 Å². The van der Waals surface area contributed by atoms with Gasteiger partial charge >= 0.3 is 0 Å². The van der Waals surface area contributed by atoms with E-state index in [9.17, 15) is 0 Å². The molecule has 0 spiro atoms. The lowest BCUT2D eigenvalue weighted by Crippen LogP contribution is -2.44. The number of aromatic nitrogens is 2. The van der Waals surface area contributed by atoms with E-state index in [-0.39, 0.29) is 12.1 Å². The standard InChI is InChI=1S/C11H19N7/c1-4-7-14-6(3)8(15-7)9-16-10(12)17-11(13)18(9)5-2/h9H,4-5H2,1-3H3,(H,14,15)(H4,12,13,16,17). The molecule has 7 nitrogen and oxygen atoms in total. The first-order chi connectivity index (χ1) is 8.56. The van der Waals surface area contributed by atoms with Gasteiger partial charge in [-0.3, -0.25) is 0 Å². The van der Waals surface area contributed by atoms with Crippen LogP contribution >= 0.6 is 0 Å². The summed E-state index contributed by atoms with van der Waals surface area (Å²) >= 11 is 0. The Bertz CT molecular complexity index is 499. The van der Waals surface area contributed by atoms with Gasteiger partial charge in [-0.05, 0) is 13.8 Å². The van der Waals surface area contributed by atoms with Crippen molar-refractivity contribution in [3.8, 4) is 0 Å². The Kier molecular flexibility index (Phi) is 3.22. The summed E-state index contributed by atoms with van der Waals surface area (Å²) in [7, 11) is 0. The van der Waals surface area contributed by atoms with Crippen LogP contribution in [0, 0.1) is 6.92 Å². The molecular weight excluding hydrogens is 230 g/mol. The van der Waals surface area contributed by atoms with Crippen molar-refractivity contribution in [1.29, 1.82) is 0 Å². The maximum Gasteiger partial charge on any atom is 0.221 e. The predicted octanol–water partition coefficient (Wildman–Crippen LogP) is 0.244. The largest absolute Gasteiger partial charge is 0.369 e. The summed E-state index contributed by atoms with van der Waals surface area (Å²) in [5.41, 5.74) is 13.4. The monoisotopic (exact) mass is 249 g/mol. The Hall–Kier alpha value is -2.05. The van der Waals surface area contributed by atoms with Crippen molar-refractivity contribution < 1.29 is 0 Å². The molecule has 0 saturated carbocycles. The lowest BCUT2D eigenvalue weighted by Gasteiger charge is -2.31. The average molecular weight is 249 g/mol. The summed E-state index contributed by atoms with van der Waals surface area (Å²) < 4.78 is 0. The molecule has 1 atom stereocenters. The van der Waals surface area contributed by atoms with Gasteiger partial charge < -0.3 is 21.4 Å². The van der Waals surface area contributed by atoms with E-state index in [0.29, 0.717) is 12.5 Å². The van der Waals surface area contributed by atoms with Crippen molar-refractivity contribution in [3.05, 3.63) is 17.2 Å². The van der Waals surface area contributed by atoms with Gasteiger partial charge in [0.15, 0.2) is 6.17 Å². The Morgan fingerprint density at radius 2 is 2.06 bits per heavy atom. The highest BCUT2D eigenvalue weighted by molar-refractivity contribution is 5.95. The van der Waals surface area contributed by atoms with Gasteiger partial charge in [0.05, 0.1) is 11.4 Å². The van der Waals surface area contributed by atoms with E-state index in [2.05, 4.69) is 20.0 Å². The predicted molar refractivity (Wildman–Crippen MR) is 71.1 cm³/mol. The molecule has 18 heavy (non-hydrogen) atoms. The van der Waals surface area contributed by atoms with Crippen LogP contribution in [-0.4, -0.2) is 33.3 Å². The number of nitrogens with two attached hydrogens (primary N) is 2. The van der Waals surface area contributed by atoms with E-state index >= 15 is 0 Å². The highest BCUT2D eigenvalue weighted by atomic mass is 15.4. The average Bonchev–Trinajstić information content (AvgIpc) is 2.69. The smallest absolute Gasteiger partial charge is 0.221 e. The first kappa shape index (κ1) is 12.4. The number of H-pyrrole nitrogens is 1. The van der Waals surface area contributed by atoms with Crippen molar-refractivity contribution in [1.82, 2.24) is 14.9 Å². The second-order valence-corrected chi connectivity index (χ2v) is 4.15. The van der Waals surface area contributed by atoms with Crippen LogP contribution in [0.1, 0.15) is 37.2 Å². The summed E-state index contributed by atoms with van der Waals surface area (Å²) in [6.07, 6.45) is 0.586. The molecule has 2 rings (SSSR count). The molecule has 1 aliphatic heterocycles. The van der Waals surface area contributed by atoms with Crippen molar-refractivity contribution in [2.45, 2.75) is 33.4 Å². The van der Waals surface area contributed by atoms with Gasteiger partial charge in [0.2, 0.25) is 11.9 Å². The van der Waals surface area contributed by atoms with E-state index in [4.69, 9.17) is 11.5 Å². The summed E-state index contributed by atoms with van der Waals surface area (Å²) in [5.74, 6) is 1.53. The quantitative estimate of drug-likeness (QED) is 0.713. The molecule has 2 heterocycles. The number of imidazole rings is 1. The van der Waals surface area contributed by atoms with Crippen molar-refractivity contribution in [3.63, 3.8) is 0 Å². The SMILES string of the molecule is CCc1nc(C)c(C2N=C(N)N=C(N)N2CC)[nH]1. The topological polar surface area (TPSA) is 109 Å². The molecule has 0 amide bonds. The van der Waals surface area contributed by atoms with Crippen LogP contribution in [0.3, 0.4) is 0 Å². The number of rotatable bonds is 3. The van der Waals surface area contributed by atoms with Gasteiger partial charge in [-0.25, -0.2) is 9.98 Å². The maximum absolute atomic E-state index is 5.88. The van der Waals surface area contributed by atoms with Crippen LogP contribution in [0.25, 0.3) is 0 Å². The maximum atomic E-state index is 5.88. The molecule has 0 radical (unpaired) electrons. The van der Waals surface area contributed by atoms with E-state index < -0.39 is 0 Å². The Morgan fingerprint density at radius 3 is 2.61 bits per heavy atom. The molecule has 5 N–H and O–H groups in total. The molecule has 1 aromatic rings. The Balaban J connectivity index is 2.41. The highest BCUT2D eigenvalue weighted by Gasteiger charge is 2.27. The normalized spacial score (nSPS) is 19.7. The van der Waals surface area contributed by atoms with Crippen LogP contribution in [0.15, 0.2) is 9.98 Å². The molecule has 7 heteroatoms. The van der Waals surface area contributed by atoms with Gasteiger partial charge in [0.1, 0.15) is 5.82 Å². The number of aryl methyl sites for hydroxylation is 2. The number of aliphatic imine (C=N–C) groups is 2. The van der Waals surface area contributed by atoms with Gasteiger partial charge in [0, 0.05) is 13.0 Å². The first-order valence-corrected chi connectivity index (χ1v) is 6.06. The molecule has 1 aromatic heterocycles. The molecule has 0 aliphatic carbocycles. The second kappa shape index (κ2) is 4.67. The molecular formula is C11H19N7. The number of nitrogens with zero attached hydrogens (tertiary/aromatic N) is 4. The minimum Gasteiger partial charge on any atom is -0.369 e. The molecule has 98 valence electrons. The van der Waals surface area contributed by atoms with Crippen LogP contribution < -0.4 is 11.5 Å². The molecule has 1 aliphatic rings. The van der Waals surface area contributed by atoms with E-state index in [1.165, 1.54) is 0 Å². The van der Waals surface area contributed by atoms with Crippen molar-refractivity contribution in [2.24, 2.45) is 21.5 Å². The van der Waals surface area contributed by atoms with Crippen LogP contribution in [-0.2, 0) is 6.42 Å². The third kappa shape index (κ3) is 2.03. The third-order valence-electron chi connectivity index (χ3n) is 2.98. The van der Waals surface area contributed by atoms with Gasteiger partial charge in [-0.15, -0.1) is 0 Å². The molecule has 0 fully saturated rings. The van der Waals surface area contributed by atoms with Crippen molar-refractivity contribution >= 4 is 11.9 Å². The highest BCUT2D eigenvalue weighted by Crippen LogP contribution is 2.25. The van der Waals surface area contributed by atoms with Gasteiger partial charge in [-0.2, -0.15) is 4.99 Å². The van der Waals surface area contributed by atoms with Crippen LogP contribution in [0.5, 0.6) is 0 Å². The minimum absolute atomic E-state index is 0.203. The fourth-order valence-electron chi connectivity index (χ4n) is 2.04. The summed E-state index contributed by atoms with van der Waals surface area (Å²) in [6, 6.07) is 0. The lowest BCUT2D eigenvalue weighted by molar-refractivity contribution is 0.325. The fraction of sp³-hybridized carbons (Fsp3) is 0.545. The van der Waals surface area contributed by atoms with Crippen LogP contribution in [0.4, 0.5) is 0 Å². The number of guanidine groups is 2. The number of hydrogen-bond acceptors (Lipinski definition) is 6. The first-order valence-electron chi connectivity index (χ1n) is 6.06. The number of hydrogen-bond donors (Lipinski definition) is 3. The summed E-state index contributed by atoms with van der Waals surface area (Å²) in [4.78, 5) is 17.9. The molecule has 1 unspecified atom stereocenters. The number of nitrogens with one attached hydrogen (secondary N) is 1. The minimum atomic E-state index is -0.264.